The minimum Gasteiger partial charge on any atom is -0.377 e. The van der Waals surface area contributed by atoms with E-state index in [1.165, 1.54) is 4.88 Å². The predicted molar refractivity (Wildman–Crippen MR) is 72.2 cm³/mol. The van der Waals surface area contributed by atoms with Crippen molar-refractivity contribution >= 4 is 33.2 Å². The second-order valence-corrected chi connectivity index (χ2v) is 6.31. The van der Waals surface area contributed by atoms with Crippen LogP contribution in [0.2, 0.25) is 0 Å². The molecule has 0 N–H and O–H groups in total. The summed E-state index contributed by atoms with van der Waals surface area (Å²) < 4.78 is 6.06. The van der Waals surface area contributed by atoms with E-state index in [2.05, 4.69) is 28.1 Å². The van der Waals surface area contributed by atoms with Crippen molar-refractivity contribution in [3.63, 3.8) is 0 Å². The molecule has 1 aromatic heterocycles. The molecule has 1 aromatic rings. The highest BCUT2D eigenvalue weighted by Crippen LogP contribution is 2.29. The molecule has 2 heterocycles. The molecule has 6 heteroatoms. The highest BCUT2D eigenvalue weighted by Gasteiger charge is 2.47. The van der Waals surface area contributed by atoms with Gasteiger partial charge in [0.1, 0.15) is 0 Å². The number of nitriles is 1. The van der Waals surface area contributed by atoms with Crippen LogP contribution in [-0.4, -0.2) is 37.6 Å². The first-order valence-electron chi connectivity index (χ1n) is 5.55. The summed E-state index contributed by atoms with van der Waals surface area (Å²) in [4.78, 5) is 15.0. The smallest absolute Gasteiger partial charge is 0.247 e. The Morgan fingerprint density at radius 1 is 1.72 bits per heavy atom. The molecule has 0 saturated carbocycles. The zero-order valence-corrected chi connectivity index (χ0v) is 12.4. The lowest BCUT2D eigenvalue weighted by Gasteiger charge is -2.36. The van der Waals surface area contributed by atoms with E-state index in [-0.39, 0.29) is 19.1 Å². The Bertz CT molecular complexity index is 491. The first kappa shape index (κ1) is 13.5. The lowest BCUT2D eigenvalue weighted by molar-refractivity contribution is -0.159. The van der Waals surface area contributed by atoms with Crippen molar-refractivity contribution in [1.82, 2.24) is 4.90 Å². The van der Waals surface area contributed by atoms with Crippen molar-refractivity contribution in [1.29, 1.82) is 5.26 Å². The molecule has 1 amide bonds. The maximum absolute atomic E-state index is 12.1. The zero-order chi connectivity index (χ0) is 13.2. The second kappa shape index (κ2) is 5.39. The number of nitrogens with zero attached hydrogens (tertiary/aromatic N) is 2. The molecule has 4 nitrogen and oxygen atoms in total. The molecule has 1 aliphatic rings. The van der Waals surface area contributed by atoms with Crippen molar-refractivity contribution < 1.29 is 9.53 Å². The largest absolute Gasteiger partial charge is 0.377 e. The van der Waals surface area contributed by atoms with E-state index in [1.807, 2.05) is 5.38 Å². The fourth-order valence-electron chi connectivity index (χ4n) is 1.77. The summed E-state index contributed by atoms with van der Waals surface area (Å²) in [5.74, 6) is -0.133. The molecule has 96 valence electrons. The van der Waals surface area contributed by atoms with Gasteiger partial charge < -0.3 is 9.64 Å². The number of ether oxygens (including phenoxy) is 1. The molecular weight excluding hydrogens is 316 g/mol. The predicted octanol–water partition coefficient (Wildman–Crippen LogP) is 2.05. The van der Waals surface area contributed by atoms with Gasteiger partial charge in [0, 0.05) is 28.3 Å². The van der Waals surface area contributed by atoms with Crippen molar-refractivity contribution in [2.24, 2.45) is 5.41 Å². The van der Waals surface area contributed by atoms with Gasteiger partial charge in [-0.2, -0.15) is 5.26 Å². The van der Waals surface area contributed by atoms with Gasteiger partial charge in [-0.25, -0.2) is 0 Å². The Labute approximate surface area is 118 Å². The minimum absolute atomic E-state index is 0.133. The third-order valence-electron chi connectivity index (χ3n) is 2.98. The summed E-state index contributed by atoms with van der Waals surface area (Å²) in [5, 5.41) is 11.1. The summed E-state index contributed by atoms with van der Waals surface area (Å²) in [5.41, 5.74) is -0.940. The summed E-state index contributed by atoms with van der Waals surface area (Å²) in [6, 6.07) is 4.13. The van der Waals surface area contributed by atoms with E-state index in [9.17, 15) is 4.79 Å². The number of thiophene rings is 1. The molecule has 1 saturated heterocycles. The molecule has 1 fully saturated rings. The second-order valence-electron chi connectivity index (χ2n) is 4.39. The molecule has 0 radical (unpaired) electrons. The van der Waals surface area contributed by atoms with Gasteiger partial charge in [-0.05, 0) is 28.4 Å². The lowest BCUT2D eigenvalue weighted by Crippen LogP contribution is -2.53. The molecule has 0 aliphatic carbocycles. The highest BCUT2D eigenvalue weighted by molar-refractivity contribution is 9.10. The number of likely N-dealkylation sites (N-methyl/N-ethyl adjacent to an activating group) is 1. The molecule has 1 aliphatic heterocycles. The van der Waals surface area contributed by atoms with Gasteiger partial charge >= 0.3 is 0 Å². The van der Waals surface area contributed by atoms with Crippen LogP contribution in [0.15, 0.2) is 15.9 Å². The van der Waals surface area contributed by atoms with Crippen molar-refractivity contribution in [3.8, 4) is 6.07 Å². The van der Waals surface area contributed by atoms with Crippen LogP contribution in [-0.2, 0) is 16.0 Å². The van der Waals surface area contributed by atoms with Crippen LogP contribution < -0.4 is 0 Å². The molecule has 18 heavy (non-hydrogen) atoms. The van der Waals surface area contributed by atoms with Gasteiger partial charge in [0.2, 0.25) is 5.91 Å². The molecule has 0 bridgehead atoms. The zero-order valence-electron chi connectivity index (χ0n) is 9.98. The number of rotatable bonds is 4. The number of hydrogen-bond acceptors (Lipinski definition) is 4. The van der Waals surface area contributed by atoms with E-state index in [0.29, 0.717) is 6.54 Å². The highest BCUT2D eigenvalue weighted by atomic mass is 79.9. The first-order chi connectivity index (χ1) is 8.57. The van der Waals surface area contributed by atoms with Gasteiger partial charge in [-0.3, -0.25) is 4.79 Å². The first-order valence-corrected chi connectivity index (χ1v) is 7.22. The molecule has 0 aromatic carbocycles. The topological polar surface area (TPSA) is 53.3 Å². The van der Waals surface area contributed by atoms with Gasteiger partial charge in [0.25, 0.3) is 0 Å². The van der Waals surface area contributed by atoms with Crippen molar-refractivity contribution in [2.75, 3.05) is 26.8 Å². The van der Waals surface area contributed by atoms with Gasteiger partial charge in [-0.15, -0.1) is 11.3 Å². The van der Waals surface area contributed by atoms with Crippen LogP contribution in [0.5, 0.6) is 0 Å². The molecular formula is C12H13BrN2O2S. The van der Waals surface area contributed by atoms with Crippen LogP contribution >= 0.6 is 27.3 Å². The van der Waals surface area contributed by atoms with Crippen LogP contribution in [0.3, 0.4) is 0 Å². The quantitative estimate of drug-likeness (QED) is 0.850. The van der Waals surface area contributed by atoms with Crippen molar-refractivity contribution in [2.45, 2.75) is 6.42 Å². The van der Waals surface area contributed by atoms with Crippen molar-refractivity contribution in [3.05, 3.63) is 20.8 Å². The van der Waals surface area contributed by atoms with E-state index in [4.69, 9.17) is 10.00 Å². The molecule has 0 spiro atoms. The van der Waals surface area contributed by atoms with Gasteiger partial charge in [-0.1, -0.05) is 0 Å². The normalized spacial score (nSPS) is 16.7. The maximum atomic E-state index is 12.1. The van der Waals surface area contributed by atoms with E-state index >= 15 is 0 Å². The van der Waals surface area contributed by atoms with E-state index in [0.717, 1.165) is 10.9 Å². The monoisotopic (exact) mass is 328 g/mol. The summed E-state index contributed by atoms with van der Waals surface area (Å²) >= 11 is 5.06. The third kappa shape index (κ3) is 2.58. The summed E-state index contributed by atoms with van der Waals surface area (Å²) in [6.07, 6.45) is 0.806. The van der Waals surface area contributed by atoms with Crippen LogP contribution in [0.25, 0.3) is 0 Å². The number of hydrogen-bond donors (Lipinski definition) is 0. The Hall–Kier alpha value is -0.900. The average Bonchev–Trinajstić information content (AvgIpc) is 2.71. The van der Waals surface area contributed by atoms with E-state index in [1.54, 1.807) is 23.3 Å². The Morgan fingerprint density at radius 2 is 2.44 bits per heavy atom. The number of carbonyl (C=O) groups excluding carboxylic acids is 1. The average molecular weight is 329 g/mol. The van der Waals surface area contributed by atoms with E-state index < -0.39 is 5.41 Å². The number of amides is 1. The SMILES string of the molecule is CN(CCc1cc(Br)cs1)C(=O)C1(C#N)COC1. The van der Waals surface area contributed by atoms with Crippen LogP contribution in [0.4, 0.5) is 0 Å². The molecule has 0 atom stereocenters. The number of halogens is 1. The summed E-state index contributed by atoms with van der Waals surface area (Å²) in [6.45, 7) is 1.06. The number of carbonyl (C=O) groups is 1. The van der Waals surface area contributed by atoms with Gasteiger partial charge in [0.05, 0.1) is 19.3 Å². The lowest BCUT2D eigenvalue weighted by atomic mass is 9.86. The Morgan fingerprint density at radius 3 is 2.89 bits per heavy atom. The molecule has 0 unspecified atom stereocenters. The fraction of sp³-hybridized carbons (Fsp3) is 0.500. The fourth-order valence-corrected chi connectivity index (χ4v) is 3.22. The van der Waals surface area contributed by atoms with Gasteiger partial charge in [0.15, 0.2) is 5.41 Å². The Kier molecular flexibility index (Phi) is 4.05. The minimum atomic E-state index is -0.940. The maximum Gasteiger partial charge on any atom is 0.247 e. The summed E-state index contributed by atoms with van der Waals surface area (Å²) in [7, 11) is 1.74. The van der Waals surface area contributed by atoms with Crippen LogP contribution in [0, 0.1) is 16.7 Å². The standard InChI is InChI=1S/C12H13BrN2O2S/c1-15(3-2-10-4-9(13)5-18-10)11(16)12(6-14)7-17-8-12/h4-5H,2-3,7-8H2,1H3. The Balaban J connectivity index is 1.90. The molecule has 2 rings (SSSR count). The third-order valence-corrected chi connectivity index (χ3v) is 4.74. The van der Waals surface area contributed by atoms with Crippen LogP contribution in [0.1, 0.15) is 4.88 Å².